The van der Waals surface area contributed by atoms with Gasteiger partial charge in [0, 0.05) is 0 Å². The lowest BCUT2D eigenvalue weighted by Gasteiger charge is -2.28. The molecule has 0 radical (unpaired) electrons. The van der Waals surface area contributed by atoms with E-state index in [2.05, 4.69) is 0 Å². The molecular weight excluding hydrogens is 407 g/mol. The van der Waals surface area contributed by atoms with Crippen LogP contribution in [-0.4, -0.2) is 31.2 Å². The molecule has 0 aromatic heterocycles. The van der Waals surface area contributed by atoms with E-state index in [9.17, 15) is 31.5 Å². The molecule has 2 aromatic rings. The van der Waals surface area contributed by atoms with Crippen LogP contribution in [0.2, 0.25) is 5.02 Å². The highest BCUT2D eigenvalue weighted by Crippen LogP contribution is 2.35. The summed E-state index contributed by atoms with van der Waals surface area (Å²) in [4.78, 5) is 11.7. The van der Waals surface area contributed by atoms with Gasteiger partial charge < -0.3 is 10.4 Å². The Balaban J connectivity index is 2.34. The van der Waals surface area contributed by atoms with E-state index in [0.29, 0.717) is 0 Å². The summed E-state index contributed by atoms with van der Waals surface area (Å²) in [5.74, 6) is -1.71. The van der Waals surface area contributed by atoms with Crippen LogP contribution in [0.4, 0.5) is 18.9 Å². The van der Waals surface area contributed by atoms with Crippen molar-refractivity contribution in [2.45, 2.75) is 34.9 Å². The summed E-state index contributed by atoms with van der Waals surface area (Å²) in [5, 5.41) is 11.2. The van der Waals surface area contributed by atoms with Crippen molar-refractivity contribution in [1.29, 1.82) is 0 Å². The molecule has 1 unspecified atom stereocenters. The van der Waals surface area contributed by atoms with Gasteiger partial charge in [-0.15, -0.1) is 0 Å². The molecule has 2 rings (SSSR count). The molecule has 146 valence electrons. The summed E-state index contributed by atoms with van der Waals surface area (Å²) in [7, 11) is -3.89. The maximum Gasteiger partial charge on any atom is 0.426 e. The number of halogens is 4. The van der Waals surface area contributed by atoms with E-state index in [0.717, 1.165) is 25.1 Å². The second kappa shape index (κ2) is 7.49. The number of alkyl halides is 3. The van der Waals surface area contributed by atoms with Crippen molar-refractivity contribution in [3.05, 3.63) is 53.6 Å². The molecule has 27 heavy (non-hydrogen) atoms. The first-order valence-corrected chi connectivity index (χ1v) is 9.50. The minimum atomic E-state index is -5.19. The van der Waals surface area contributed by atoms with Gasteiger partial charge >= 0.3 is 6.18 Å². The van der Waals surface area contributed by atoms with E-state index in [-0.39, 0.29) is 20.5 Å². The number of carbonyl (C=O) groups is 1. The molecule has 5 nitrogen and oxygen atoms in total. The normalized spacial score (nSPS) is 14.4. The summed E-state index contributed by atoms with van der Waals surface area (Å²) in [5.41, 5.74) is -3.85. The maximum atomic E-state index is 12.9. The second-order valence-electron chi connectivity index (χ2n) is 5.62. The molecule has 0 aliphatic carbocycles. The number of hydrogen-bond donors (Lipinski definition) is 2. The zero-order valence-electron chi connectivity index (χ0n) is 13.9. The van der Waals surface area contributed by atoms with Gasteiger partial charge in [0.1, 0.15) is 0 Å². The first kappa shape index (κ1) is 21.2. The van der Waals surface area contributed by atoms with Crippen molar-refractivity contribution in [3.8, 4) is 0 Å². The molecule has 1 atom stereocenters. The van der Waals surface area contributed by atoms with Crippen LogP contribution in [0.25, 0.3) is 0 Å². The van der Waals surface area contributed by atoms with Gasteiger partial charge in [0.05, 0.1) is 20.5 Å². The number of benzene rings is 2. The molecule has 2 N–H and O–H groups in total. The standard InChI is InChI=1S/C17H15ClF3NO4S/c1-2-16(24,17(19,20)21)15(23)22-14-9-8-12(10-13(14)18)27(25,26)11-6-4-3-5-7-11/h3-10,24H,2H2,1H3,(H,22,23). The van der Waals surface area contributed by atoms with Gasteiger partial charge in [-0.05, 0) is 36.8 Å². The van der Waals surface area contributed by atoms with Crippen molar-refractivity contribution in [3.63, 3.8) is 0 Å². The Morgan fingerprint density at radius 1 is 1.11 bits per heavy atom. The van der Waals surface area contributed by atoms with E-state index >= 15 is 0 Å². The molecule has 0 bridgehead atoms. The fourth-order valence-electron chi connectivity index (χ4n) is 2.22. The third kappa shape index (κ3) is 4.10. The number of anilines is 1. The summed E-state index contributed by atoms with van der Waals surface area (Å²) >= 11 is 5.93. The number of hydrogen-bond acceptors (Lipinski definition) is 4. The molecule has 0 heterocycles. The summed E-state index contributed by atoms with van der Waals surface area (Å²) < 4.78 is 63.9. The van der Waals surface area contributed by atoms with Crippen LogP contribution >= 0.6 is 11.6 Å². The van der Waals surface area contributed by atoms with Crippen molar-refractivity contribution in [2.24, 2.45) is 0 Å². The maximum absolute atomic E-state index is 12.9. The van der Waals surface area contributed by atoms with E-state index in [1.165, 1.54) is 24.3 Å². The molecule has 0 aliphatic heterocycles. The van der Waals surface area contributed by atoms with Gasteiger partial charge in [-0.1, -0.05) is 36.7 Å². The Labute approximate surface area is 158 Å². The average Bonchev–Trinajstić information content (AvgIpc) is 2.62. The van der Waals surface area contributed by atoms with Crippen molar-refractivity contribution in [2.75, 3.05) is 5.32 Å². The molecule has 10 heteroatoms. The number of carbonyl (C=O) groups excluding carboxylic acids is 1. The smallest absolute Gasteiger partial charge is 0.373 e. The molecule has 0 saturated carbocycles. The Morgan fingerprint density at radius 3 is 2.19 bits per heavy atom. The lowest BCUT2D eigenvalue weighted by Crippen LogP contribution is -2.54. The summed E-state index contributed by atoms with van der Waals surface area (Å²) in [6.45, 7) is 1.00. The van der Waals surface area contributed by atoms with E-state index in [4.69, 9.17) is 11.6 Å². The Bertz CT molecular complexity index is 948. The van der Waals surface area contributed by atoms with E-state index in [1.54, 1.807) is 6.07 Å². The highest BCUT2D eigenvalue weighted by molar-refractivity contribution is 7.91. The molecule has 0 fully saturated rings. The number of aliphatic hydroxyl groups is 1. The SMILES string of the molecule is CCC(O)(C(=O)Nc1ccc(S(=O)(=O)c2ccccc2)cc1Cl)C(F)(F)F. The fourth-order valence-corrected chi connectivity index (χ4v) is 3.82. The minimum absolute atomic E-state index is 0.00952. The third-order valence-electron chi connectivity index (χ3n) is 3.91. The zero-order valence-corrected chi connectivity index (χ0v) is 15.5. The molecule has 0 spiro atoms. The van der Waals surface area contributed by atoms with Crippen LogP contribution in [-0.2, 0) is 14.6 Å². The van der Waals surface area contributed by atoms with Crippen LogP contribution in [0.3, 0.4) is 0 Å². The first-order valence-electron chi connectivity index (χ1n) is 7.63. The fraction of sp³-hybridized carbons (Fsp3) is 0.235. The number of rotatable bonds is 5. The Hall–Kier alpha value is -2.10. The van der Waals surface area contributed by atoms with Crippen molar-refractivity contribution in [1.82, 2.24) is 0 Å². The number of sulfone groups is 1. The quantitative estimate of drug-likeness (QED) is 0.768. The molecule has 2 aromatic carbocycles. The van der Waals surface area contributed by atoms with Crippen LogP contribution < -0.4 is 5.32 Å². The minimum Gasteiger partial charge on any atom is -0.373 e. The monoisotopic (exact) mass is 421 g/mol. The predicted molar refractivity (Wildman–Crippen MR) is 93.3 cm³/mol. The van der Waals surface area contributed by atoms with Gasteiger partial charge in [0.25, 0.3) is 5.91 Å². The first-order chi connectivity index (χ1) is 12.4. The second-order valence-corrected chi connectivity index (χ2v) is 7.98. The van der Waals surface area contributed by atoms with Gasteiger partial charge in [-0.2, -0.15) is 13.2 Å². The summed E-state index contributed by atoms with van der Waals surface area (Å²) in [6, 6.07) is 10.6. The lowest BCUT2D eigenvalue weighted by molar-refractivity contribution is -0.249. The predicted octanol–water partition coefficient (Wildman–Crippen LogP) is 3.81. The van der Waals surface area contributed by atoms with Gasteiger partial charge in [0.15, 0.2) is 0 Å². The third-order valence-corrected chi connectivity index (χ3v) is 5.99. The highest BCUT2D eigenvalue weighted by Gasteiger charge is 2.58. The average molecular weight is 422 g/mol. The van der Waals surface area contributed by atoms with Gasteiger partial charge in [-0.25, -0.2) is 8.42 Å². The van der Waals surface area contributed by atoms with Crippen LogP contribution in [0.1, 0.15) is 13.3 Å². The van der Waals surface area contributed by atoms with E-state index in [1.807, 2.05) is 5.32 Å². The molecule has 0 aliphatic rings. The summed E-state index contributed by atoms with van der Waals surface area (Å²) in [6.07, 6.45) is -6.09. The zero-order chi connectivity index (χ0) is 20.5. The van der Waals surface area contributed by atoms with Crippen LogP contribution in [0, 0.1) is 0 Å². The molecular formula is C17H15ClF3NO4S. The van der Waals surface area contributed by atoms with Crippen molar-refractivity contribution >= 4 is 33.0 Å². The lowest BCUT2D eigenvalue weighted by atomic mass is 9.99. The molecule has 1 amide bonds. The largest absolute Gasteiger partial charge is 0.426 e. The number of nitrogens with one attached hydrogen (secondary N) is 1. The van der Waals surface area contributed by atoms with Crippen molar-refractivity contribution < 1.29 is 31.5 Å². The van der Waals surface area contributed by atoms with E-state index < -0.39 is 33.9 Å². The van der Waals surface area contributed by atoms with Gasteiger partial charge in [0.2, 0.25) is 15.4 Å². The Kier molecular flexibility index (Phi) is 5.88. The Morgan fingerprint density at radius 2 is 1.70 bits per heavy atom. The van der Waals surface area contributed by atoms with Crippen LogP contribution in [0.5, 0.6) is 0 Å². The highest BCUT2D eigenvalue weighted by atomic mass is 35.5. The van der Waals surface area contributed by atoms with Gasteiger partial charge in [-0.3, -0.25) is 4.79 Å². The topological polar surface area (TPSA) is 83.5 Å². The number of amides is 1. The van der Waals surface area contributed by atoms with Crippen LogP contribution in [0.15, 0.2) is 58.3 Å². The molecule has 0 saturated heterocycles.